The van der Waals surface area contributed by atoms with E-state index in [1.807, 2.05) is 6.07 Å². The third kappa shape index (κ3) is 2.54. The quantitative estimate of drug-likeness (QED) is 0.769. The molecular formula is C15H13N3O4. The molecule has 0 aromatic carbocycles. The summed E-state index contributed by atoms with van der Waals surface area (Å²) in [6.45, 7) is 3.12. The molecule has 2 heterocycles. The van der Waals surface area contributed by atoms with Crippen molar-refractivity contribution in [3.63, 3.8) is 0 Å². The van der Waals surface area contributed by atoms with Crippen molar-refractivity contribution in [2.24, 2.45) is 0 Å². The van der Waals surface area contributed by atoms with Crippen LogP contribution in [0, 0.1) is 11.3 Å². The van der Waals surface area contributed by atoms with E-state index >= 15 is 0 Å². The molecule has 1 aromatic heterocycles. The Balaban J connectivity index is 2.72. The van der Waals surface area contributed by atoms with Crippen molar-refractivity contribution in [2.75, 3.05) is 0 Å². The summed E-state index contributed by atoms with van der Waals surface area (Å²) < 4.78 is 0. The lowest BCUT2D eigenvalue weighted by molar-refractivity contribution is -0.133. The summed E-state index contributed by atoms with van der Waals surface area (Å²) in [6, 6.07) is 6.40. The zero-order valence-electron chi connectivity index (χ0n) is 11.9. The van der Waals surface area contributed by atoms with Gasteiger partial charge in [0.1, 0.15) is 11.8 Å². The lowest BCUT2D eigenvalue weighted by atomic mass is 9.83. The summed E-state index contributed by atoms with van der Waals surface area (Å²) in [4.78, 5) is 27.2. The molecule has 0 fully saturated rings. The van der Waals surface area contributed by atoms with Crippen LogP contribution >= 0.6 is 0 Å². The van der Waals surface area contributed by atoms with E-state index in [2.05, 4.69) is 10.3 Å². The number of pyridine rings is 1. The first-order valence-corrected chi connectivity index (χ1v) is 6.39. The summed E-state index contributed by atoms with van der Waals surface area (Å²) in [7, 11) is 0. The van der Waals surface area contributed by atoms with Crippen LogP contribution in [0.2, 0.25) is 0 Å². The van der Waals surface area contributed by atoms with Gasteiger partial charge in [-0.05, 0) is 26.0 Å². The van der Waals surface area contributed by atoms with Gasteiger partial charge in [-0.25, -0.2) is 14.6 Å². The molecule has 0 aliphatic carbocycles. The number of nitrogens with one attached hydrogen (secondary N) is 1. The van der Waals surface area contributed by atoms with Gasteiger partial charge in [-0.1, -0.05) is 6.07 Å². The van der Waals surface area contributed by atoms with Gasteiger partial charge in [-0.2, -0.15) is 5.26 Å². The van der Waals surface area contributed by atoms with Crippen molar-refractivity contribution in [3.8, 4) is 6.07 Å². The summed E-state index contributed by atoms with van der Waals surface area (Å²) in [6.07, 6.45) is 0. The van der Waals surface area contributed by atoms with Crippen LogP contribution in [0.5, 0.6) is 0 Å². The van der Waals surface area contributed by atoms with Gasteiger partial charge in [0.2, 0.25) is 0 Å². The van der Waals surface area contributed by atoms with Crippen molar-refractivity contribution in [1.29, 1.82) is 5.26 Å². The van der Waals surface area contributed by atoms with E-state index in [0.29, 0.717) is 11.4 Å². The van der Waals surface area contributed by atoms with Gasteiger partial charge in [0.15, 0.2) is 0 Å². The van der Waals surface area contributed by atoms with E-state index < -0.39 is 17.9 Å². The molecule has 0 spiro atoms. The standard InChI is InChI=1S/C15H13N3O4/c1-7-11(14(19)20)13(12(15(21)22)8(2)17-7)10-5-3-4-9(6-16)18-10/h3-5,13,17H,1-2H3,(H,19,20)(H,21,22). The number of hydrogen-bond acceptors (Lipinski definition) is 5. The van der Waals surface area contributed by atoms with Gasteiger partial charge in [-0.3, -0.25) is 0 Å². The Morgan fingerprint density at radius 3 is 2.18 bits per heavy atom. The highest BCUT2D eigenvalue weighted by Crippen LogP contribution is 2.37. The fraction of sp³-hybridized carbons (Fsp3) is 0.200. The van der Waals surface area contributed by atoms with Gasteiger partial charge in [0, 0.05) is 11.4 Å². The fourth-order valence-electron chi connectivity index (χ4n) is 2.53. The lowest BCUT2D eigenvalue weighted by Crippen LogP contribution is -2.31. The zero-order valence-corrected chi connectivity index (χ0v) is 11.9. The smallest absolute Gasteiger partial charge is 0.334 e. The average Bonchev–Trinajstić information content (AvgIpc) is 2.45. The Morgan fingerprint density at radius 2 is 1.73 bits per heavy atom. The summed E-state index contributed by atoms with van der Waals surface area (Å²) >= 11 is 0. The molecule has 7 heteroatoms. The van der Waals surface area contributed by atoms with Crippen LogP contribution in [0.25, 0.3) is 0 Å². The molecule has 0 saturated heterocycles. The SMILES string of the molecule is CC1=C(C(=O)O)C(c2cccc(C#N)n2)C(C(=O)O)=C(C)N1. The van der Waals surface area contributed by atoms with E-state index in [9.17, 15) is 19.8 Å². The maximum Gasteiger partial charge on any atom is 0.334 e. The normalized spacial score (nSPS) is 15.3. The number of nitriles is 1. The number of aromatic nitrogens is 1. The topological polar surface area (TPSA) is 123 Å². The maximum absolute atomic E-state index is 11.6. The third-order valence-corrected chi connectivity index (χ3v) is 3.40. The molecule has 0 radical (unpaired) electrons. The molecule has 1 aliphatic heterocycles. The minimum Gasteiger partial charge on any atom is -0.478 e. The fourth-order valence-corrected chi connectivity index (χ4v) is 2.53. The van der Waals surface area contributed by atoms with Gasteiger partial charge in [-0.15, -0.1) is 0 Å². The Kier molecular flexibility index (Phi) is 3.95. The molecule has 1 aromatic rings. The maximum atomic E-state index is 11.6. The number of aliphatic carboxylic acids is 2. The molecule has 2 rings (SSSR count). The van der Waals surface area contributed by atoms with Gasteiger partial charge in [0.05, 0.1) is 22.8 Å². The van der Waals surface area contributed by atoms with Crippen molar-refractivity contribution >= 4 is 11.9 Å². The number of allylic oxidation sites excluding steroid dienone is 2. The van der Waals surface area contributed by atoms with Crippen LogP contribution in [0.15, 0.2) is 40.7 Å². The first kappa shape index (κ1) is 15.3. The van der Waals surface area contributed by atoms with E-state index in [0.717, 1.165) is 0 Å². The number of hydrogen-bond donors (Lipinski definition) is 3. The van der Waals surface area contributed by atoms with Crippen LogP contribution in [0.1, 0.15) is 31.2 Å². The van der Waals surface area contributed by atoms with Crippen LogP contribution in [0.3, 0.4) is 0 Å². The van der Waals surface area contributed by atoms with E-state index in [4.69, 9.17) is 5.26 Å². The largest absolute Gasteiger partial charge is 0.478 e. The second kappa shape index (κ2) is 5.69. The molecule has 0 bridgehead atoms. The van der Waals surface area contributed by atoms with Crippen LogP contribution in [0.4, 0.5) is 0 Å². The third-order valence-electron chi connectivity index (χ3n) is 3.40. The summed E-state index contributed by atoms with van der Waals surface area (Å²) in [5.74, 6) is -3.50. The monoisotopic (exact) mass is 299 g/mol. The number of carboxylic acids is 2. The van der Waals surface area contributed by atoms with Crippen molar-refractivity contribution < 1.29 is 19.8 Å². The van der Waals surface area contributed by atoms with E-state index in [1.165, 1.54) is 12.1 Å². The molecule has 112 valence electrons. The molecular weight excluding hydrogens is 286 g/mol. The first-order valence-electron chi connectivity index (χ1n) is 6.39. The second-order valence-corrected chi connectivity index (χ2v) is 4.81. The number of nitrogens with zero attached hydrogens (tertiary/aromatic N) is 2. The van der Waals surface area contributed by atoms with Gasteiger partial charge >= 0.3 is 11.9 Å². The van der Waals surface area contributed by atoms with Crippen molar-refractivity contribution in [1.82, 2.24) is 10.3 Å². The average molecular weight is 299 g/mol. The Morgan fingerprint density at radius 1 is 1.18 bits per heavy atom. The van der Waals surface area contributed by atoms with Crippen molar-refractivity contribution in [2.45, 2.75) is 19.8 Å². The Labute approximate surface area is 126 Å². The second-order valence-electron chi connectivity index (χ2n) is 4.81. The van der Waals surface area contributed by atoms with E-state index in [1.54, 1.807) is 19.9 Å². The number of carbonyl (C=O) groups is 2. The highest BCUT2D eigenvalue weighted by atomic mass is 16.4. The Hall–Kier alpha value is -3.14. The first-order chi connectivity index (χ1) is 10.4. The van der Waals surface area contributed by atoms with Crippen LogP contribution < -0.4 is 5.32 Å². The highest BCUT2D eigenvalue weighted by Gasteiger charge is 2.37. The zero-order chi connectivity index (χ0) is 16.4. The summed E-state index contributed by atoms with van der Waals surface area (Å²) in [5.41, 5.74) is 0.833. The molecule has 3 N–H and O–H groups in total. The molecule has 0 atom stereocenters. The number of dihydropyridines is 1. The minimum atomic E-state index is -1.23. The molecule has 0 unspecified atom stereocenters. The lowest BCUT2D eigenvalue weighted by Gasteiger charge is -2.28. The minimum absolute atomic E-state index is 0.0920. The molecule has 1 aliphatic rings. The molecule has 7 nitrogen and oxygen atoms in total. The van der Waals surface area contributed by atoms with Crippen molar-refractivity contribution in [3.05, 3.63) is 52.1 Å². The number of rotatable bonds is 3. The predicted molar refractivity (Wildman–Crippen MR) is 75.5 cm³/mol. The number of carboxylic acid groups (broad SMARTS) is 2. The molecule has 0 saturated carbocycles. The van der Waals surface area contributed by atoms with Crippen LogP contribution in [-0.2, 0) is 9.59 Å². The molecule has 0 amide bonds. The highest BCUT2D eigenvalue weighted by molar-refractivity contribution is 5.98. The van der Waals surface area contributed by atoms with E-state index in [-0.39, 0.29) is 22.5 Å². The summed E-state index contributed by atoms with van der Waals surface area (Å²) in [5, 5.41) is 30.6. The Bertz CT molecular complexity index is 735. The van der Waals surface area contributed by atoms with Gasteiger partial charge < -0.3 is 15.5 Å². The van der Waals surface area contributed by atoms with Gasteiger partial charge in [0.25, 0.3) is 0 Å². The predicted octanol–water partition coefficient (Wildman–Crippen LogP) is 1.36. The molecule has 22 heavy (non-hydrogen) atoms. The van der Waals surface area contributed by atoms with Crippen LogP contribution in [-0.4, -0.2) is 27.1 Å².